The summed E-state index contributed by atoms with van der Waals surface area (Å²) in [5.74, 6) is -0.300. The summed E-state index contributed by atoms with van der Waals surface area (Å²) >= 11 is 5.92. The van der Waals surface area contributed by atoms with Gasteiger partial charge >= 0.3 is 5.97 Å². The quantitative estimate of drug-likeness (QED) is 0.887. The van der Waals surface area contributed by atoms with E-state index in [1.54, 1.807) is 18.4 Å². The van der Waals surface area contributed by atoms with Crippen LogP contribution in [0.4, 0.5) is 0 Å². The van der Waals surface area contributed by atoms with Crippen LogP contribution >= 0.6 is 11.6 Å². The van der Waals surface area contributed by atoms with Gasteiger partial charge in [0.2, 0.25) is 5.89 Å². The molecule has 0 atom stereocenters. The first-order valence-corrected chi connectivity index (χ1v) is 6.53. The molecule has 1 aromatic carbocycles. The van der Waals surface area contributed by atoms with Crippen molar-refractivity contribution < 1.29 is 14.3 Å². The van der Waals surface area contributed by atoms with Crippen LogP contribution in [0.1, 0.15) is 12.1 Å². The number of oxazole rings is 1. The van der Waals surface area contributed by atoms with Gasteiger partial charge in [0.1, 0.15) is 6.26 Å². The molecule has 106 valence electrons. The third kappa shape index (κ3) is 4.08. The van der Waals surface area contributed by atoms with Gasteiger partial charge in [0, 0.05) is 23.7 Å². The molecule has 0 radical (unpaired) electrons. The smallest absolute Gasteiger partial charge is 0.304 e. The number of nitrogens with zero attached hydrogens (tertiary/aromatic N) is 2. The highest BCUT2D eigenvalue weighted by atomic mass is 35.5. The summed E-state index contributed by atoms with van der Waals surface area (Å²) in [6, 6.07) is 7.27. The number of benzene rings is 1. The Hall–Kier alpha value is -1.85. The number of rotatable bonds is 6. The van der Waals surface area contributed by atoms with Gasteiger partial charge in [-0.1, -0.05) is 17.7 Å². The number of carboxylic acids is 1. The minimum atomic E-state index is -0.809. The molecule has 0 amide bonds. The zero-order valence-corrected chi connectivity index (χ0v) is 11.8. The van der Waals surface area contributed by atoms with Crippen molar-refractivity contribution in [2.45, 2.75) is 13.0 Å². The first-order chi connectivity index (χ1) is 9.54. The van der Waals surface area contributed by atoms with Crippen LogP contribution in [0.2, 0.25) is 5.02 Å². The predicted octanol–water partition coefficient (Wildman–Crippen LogP) is 2.90. The van der Waals surface area contributed by atoms with Crippen LogP contribution in [0.3, 0.4) is 0 Å². The Morgan fingerprint density at radius 2 is 2.30 bits per heavy atom. The molecule has 0 saturated heterocycles. The first-order valence-electron chi connectivity index (χ1n) is 6.15. The number of hydrogen-bond acceptors (Lipinski definition) is 4. The minimum absolute atomic E-state index is 0.107. The van der Waals surface area contributed by atoms with Gasteiger partial charge in [0.25, 0.3) is 0 Å². The topological polar surface area (TPSA) is 66.6 Å². The number of aliphatic carboxylic acids is 1. The van der Waals surface area contributed by atoms with Crippen molar-refractivity contribution in [3.63, 3.8) is 0 Å². The second-order valence-electron chi connectivity index (χ2n) is 4.54. The second kappa shape index (κ2) is 6.54. The third-order valence-corrected chi connectivity index (χ3v) is 3.00. The number of hydrogen-bond donors (Lipinski definition) is 1. The molecule has 6 heteroatoms. The Morgan fingerprint density at radius 1 is 1.50 bits per heavy atom. The monoisotopic (exact) mass is 294 g/mol. The number of aromatic nitrogens is 1. The lowest BCUT2D eigenvalue weighted by molar-refractivity contribution is -0.137. The predicted molar refractivity (Wildman–Crippen MR) is 75.5 cm³/mol. The van der Waals surface area contributed by atoms with Gasteiger partial charge in [-0.25, -0.2) is 4.98 Å². The highest BCUT2D eigenvalue weighted by Crippen LogP contribution is 2.22. The zero-order chi connectivity index (χ0) is 14.5. The van der Waals surface area contributed by atoms with Gasteiger partial charge < -0.3 is 9.52 Å². The maximum atomic E-state index is 10.5. The van der Waals surface area contributed by atoms with Crippen molar-refractivity contribution in [3.8, 4) is 11.5 Å². The largest absolute Gasteiger partial charge is 0.481 e. The van der Waals surface area contributed by atoms with E-state index in [2.05, 4.69) is 4.98 Å². The second-order valence-corrected chi connectivity index (χ2v) is 4.97. The molecule has 2 aromatic rings. The Balaban J connectivity index is 2.00. The van der Waals surface area contributed by atoms with Gasteiger partial charge in [-0.3, -0.25) is 9.69 Å². The molecule has 0 aliphatic heterocycles. The maximum absolute atomic E-state index is 10.5. The van der Waals surface area contributed by atoms with E-state index in [4.69, 9.17) is 21.1 Å². The average molecular weight is 295 g/mol. The number of carbonyl (C=O) groups is 1. The van der Waals surface area contributed by atoms with Gasteiger partial charge in [-0.15, -0.1) is 0 Å². The summed E-state index contributed by atoms with van der Waals surface area (Å²) in [5.41, 5.74) is 1.57. The van der Waals surface area contributed by atoms with Gasteiger partial charge in [-0.2, -0.15) is 0 Å². The molecule has 0 aliphatic carbocycles. The van der Waals surface area contributed by atoms with Crippen molar-refractivity contribution in [2.24, 2.45) is 0 Å². The fourth-order valence-corrected chi connectivity index (χ4v) is 1.97. The summed E-state index contributed by atoms with van der Waals surface area (Å²) in [7, 11) is 1.84. The Morgan fingerprint density at radius 3 is 3.00 bits per heavy atom. The Kier molecular flexibility index (Phi) is 4.76. The van der Waals surface area contributed by atoms with E-state index in [-0.39, 0.29) is 6.42 Å². The van der Waals surface area contributed by atoms with Crippen molar-refractivity contribution >= 4 is 17.6 Å². The van der Waals surface area contributed by atoms with E-state index in [9.17, 15) is 4.79 Å². The zero-order valence-electron chi connectivity index (χ0n) is 11.0. The van der Waals surface area contributed by atoms with Crippen LogP contribution in [0, 0.1) is 0 Å². The number of halogens is 1. The fraction of sp³-hybridized carbons (Fsp3) is 0.286. The third-order valence-electron chi connectivity index (χ3n) is 2.76. The van der Waals surface area contributed by atoms with E-state index < -0.39 is 5.97 Å². The molecule has 5 nitrogen and oxygen atoms in total. The summed E-state index contributed by atoms with van der Waals surface area (Å²) in [6.45, 7) is 1.01. The Labute approximate surface area is 121 Å². The van der Waals surface area contributed by atoms with Crippen LogP contribution in [-0.4, -0.2) is 34.6 Å². The standard InChI is InChI=1S/C14H15ClN2O3/c1-17(6-5-13(18)19)8-12-9-20-14(16-12)10-3-2-4-11(15)7-10/h2-4,7,9H,5-6,8H2,1H3,(H,18,19). The molecule has 1 aromatic heterocycles. The summed E-state index contributed by atoms with van der Waals surface area (Å²) in [4.78, 5) is 16.8. The van der Waals surface area contributed by atoms with Crippen LogP contribution in [0.15, 0.2) is 34.9 Å². The fourth-order valence-electron chi connectivity index (χ4n) is 1.78. The molecule has 0 aliphatic rings. The van der Waals surface area contributed by atoms with Crippen LogP contribution in [0.25, 0.3) is 11.5 Å². The van der Waals surface area contributed by atoms with Gasteiger partial charge in [0.15, 0.2) is 0 Å². The highest BCUT2D eigenvalue weighted by molar-refractivity contribution is 6.30. The Bertz CT molecular complexity index is 598. The van der Waals surface area contributed by atoms with E-state index in [0.717, 1.165) is 11.3 Å². The lowest BCUT2D eigenvalue weighted by Gasteiger charge is -2.12. The van der Waals surface area contributed by atoms with E-state index in [0.29, 0.717) is 24.0 Å². The van der Waals surface area contributed by atoms with Gasteiger partial charge in [-0.05, 0) is 25.2 Å². The molecular formula is C14H15ClN2O3. The number of carboxylic acid groups (broad SMARTS) is 1. The van der Waals surface area contributed by atoms with Crippen molar-refractivity contribution in [3.05, 3.63) is 41.2 Å². The van der Waals surface area contributed by atoms with E-state index >= 15 is 0 Å². The minimum Gasteiger partial charge on any atom is -0.481 e. The molecule has 1 heterocycles. The van der Waals surface area contributed by atoms with Crippen LogP contribution < -0.4 is 0 Å². The first kappa shape index (κ1) is 14.6. The molecule has 2 rings (SSSR count). The maximum Gasteiger partial charge on any atom is 0.304 e. The van der Waals surface area contributed by atoms with E-state index in [1.165, 1.54) is 0 Å². The average Bonchev–Trinajstić information content (AvgIpc) is 2.85. The van der Waals surface area contributed by atoms with Crippen molar-refractivity contribution in [1.29, 1.82) is 0 Å². The lowest BCUT2D eigenvalue weighted by atomic mass is 10.2. The summed E-state index contributed by atoms with van der Waals surface area (Å²) < 4.78 is 5.42. The molecule has 0 spiro atoms. The summed E-state index contributed by atoms with van der Waals surface area (Å²) in [6.07, 6.45) is 1.68. The molecule has 0 fully saturated rings. The molecule has 20 heavy (non-hydrogen) atoms. The van der Waals surface area contributed by atoms with Crippen LogP contribution in [-0.2, 0) is 11.3 Å². The molecule has 0 bridgehead atoms. The molecular weight excluding hydrogens is 280 g/mol. The lowest BCUT2D eigenvalue weighted by Crippen LogP contribution is -2.21. The SMILES string of the molecule is CN(CCC(=O)O)Cc1coc(-c2cccc(Cl)c2)n1. The van der Waals surface area contributed by atoms with Gasteiger partial charge in [0.05, 0.1) is 12.1 Å². The van der Waals surface area contributed by atoms with Crippen molar-refractivity contribution in [2.75, 3.05) is 13.6 Å². The van der Waals surface area contributed by atoms with Crippen LogP contribution in [0.5, 0.6) is 0 Å². The molecule has 0 unspecified atom stereocenters. The molecule has 1 N–H and O–H groups in total. The normalized spacial score (nSPS) is 10.9. The highest BCUT2D eigenvalue weighted by Gasteiger charge is 2.10. The summed E-state index contributed by atoms with van der Waals surface area (Å²) in [5, 5.41) is 9.26. The molecule has 0 saturated carbocycles. The van der Waals surface area contributed by atoms with E-state index in [1.807, 2.05) is 24.1 Å². The van der Waals surface area contributed by atoms with Crippen molar-refractivity contribution in [1.82, 2.24) is 9.88 Å².